The van der Waals surface area contributed by atoms with E-state index in [-0.39, 0.29) is 5.75 Å². The maximum absolute atomic E-state index is 10.7. The topological polar surface area (TPSA) is 53.1 Å². The van der Waals surface area contributed by atoms with Crippen molar-refractivity contribution in [2.24, 2.45) is 0 Å². The van der Waals surface area contributed by atoms with Crippen LogP contribution in [0.5, 0.6) is 5.75 Å². The van der Waals surface area contributed by atoms with Crippen molar-refractivity contribution in [3.63, 3.8) is 0 Å². The van der Waals surface area contributed by atoms with E-state index in [9.17, 15) is 9.90 Å². The summed E-state index contributed by atoms with van der Waals surface area (Å²) in [5, 5.41) is 11.9. The molecule has 78 valence electrons. The molecule has 0 atom stereocenters. The van der Waals surface area contributed by atoms with E-state index >= 15 is 0 Å². The number of para-hydroxylation sites is 1. The van der Waals surface area contributed by atoms with Crippen molar-refractivity contribution in [3.05, 3.63) is 42.0 Å². The highest BCUT2D eigenvalue weighted by atomic mass is 16.3. The molecule has 0 spiro atoms. The van der Waals surface area contributed by atoms with E-state index < -0.39 is 0 Å². The molecule has 3 aromatic rings. The van der Waals surface area contributed by atoms with Gasteiger partial charge < -0.3 is 10.1 Å². The lowest BCUT2D eigenvalue weighted by atomic mass is 10.1. The van der Waals surface area contributed by atoms with Crippen molar-refractivity contribution in [2.45, 2.75) is 0 Å². The molecule has 0 amide bonds. The molecule has 0 radical (unpaired) electrons. The Hall–Kier alpha value is -2.29. The van der Waals surface area contributed by atoms with Gasteiger partial charge in [0.05, 0.1) is 11.1 Å². The molecule has 16 heavy (non-hydrogen) atoms. The first-order valence-corrected chi connectivity index (χ1v) is 4.99. The van der Waals surface area contributed by atoms with E-state index in [0.717, 1.165) is 16.3 Å². The van der Waals surface area contributed by atoms with E-state index in [1.807, 2.05) is 30.3 Å². The van der Waals surface area contributed by atoms with Crippen LogP contribution in [0, 0.1) is 0 Å². The lowest BCUT2D eigenvalue weighted by molar-refractivity contribution is 0.112. The minimum atomic E-state index is 0.0173. The lowest BCUT2D eigenvalue weighted by Gasteiger charge is -1.97. The molecule has 0 saturated heterocycles. The van der Waals surface area contributed by atoms with Gasteiger partial charge in [-0.25, -0.2) is 0 Å². The van der Waals surface area contributed by atoms with Crippen LogP contribution in [-0.2, 0) is 0 Å². The summed E-state index contributed by atoms with van der Waals surface area (Å²) >= 11 is 0. The zero-order valence-corrected chi connectivity index (χ0v) is 8.40. The Kier molecular flexibility index (Phi) is 1.74. The highest BCUT2D eigenvalue weighted by Crippen LogP contribution is 2.32. The number of carbonyl (C=O) groups is 1. The van der Waals surface area contributed by atoms with Crippen molar-refractivity contribution >= 4 is 28.1 Å². The third-order valence-corrected chi connectivity index (χ3v) is 2.81. The van der Waals surface area contributed by atoms with Crippen LogP contribution in [0.25, 0.3) is 21.8 Å². The summed E-state index contributed by atoms with van der Waals surface area (Å²) in [4.78, 5) is 13.8. The number of rotatable bonds is 1. The van der Waals surface area contributed by atoms with Crippen LogP contribution in [0.1, 0.15) is 10.4 Å². The Morgan fingerprint density at radius 2 is 1.88 bits per heavy atom. The number of hydrogen-bond donors (Lipinski definition) is 2. The van der Waals surface area contributed by atoms with Crippen molar-refractivity contribution < 1.29 is 9.90 Å². The maximum Gasteiger partial charge on any atom is 0.153 e. The number of aldehydes is 1. The highest BCUT2D eigenvalue weighted by molar-refractivity contribution is 6.10. The first-order chi connectivity index (χ1) is 7.81. The Morgan fingerprint density at radius 1 is 1.06 bits per heavy atom. The minimum Gasteiger partial charge on any atom is -0.505 e. The molecule has 1 aromatic heterocycles. The highest BCUT2D eigenvalue weighted by Gasteiger charge is 2.10. The average molecular weight is 211 g/mol. The molecule has 2 N–H and O–H groups in total. The van der Waals surface area contributed by atoms with Gasteiger partial charge in [0.15, 0.2) is 6.29 Å². The summed E-state index contributed by atoms with van der Waals surface area (Å²) in [5.41, 5.74) is 1.88. The fraction of sp³-hybridized carbons (Fsp3) is 0. The Bertz CT molecular complexity index is 698. The molecular weight excluding hydrogens is 202 g/mol. The molecule has 2 aromatic carbocycles. The SMILES string of the molecule is O=Cc1ccc2c([nH]c3ccccc32)c1O. The summed E-state index contributed by atoms with van der Waals surface area (Å²) in [7, 11) is 0. The van der Waals surface area contributed by atoms with Gasteiger partial charge in [0.1, 0.15) is 5.75 Å². The molecule has 0 unspecified atom stereocenters. The monoisotopic (exact) mass is 211 g/mol. The Morgan fingerprint density at radius 3 is 2.69 bits per heavy atom. The second-order valence-electron chi connectivity index (χ2n) is 3.71. The average Bonchev–Trinajstić information content (AvgIpc) is 2.69. The molecule has 0 bridgehead atoms. The Balaban J connectivity index is 2.54. The fourth-order valence-corrected chi connectivity index (χ4v) is 2.02. The minimum absolute atomic E-state index is 0.0173. The number of carbonyl (C=O) groups excluding carboxylic acids is 1. The molecule has 0 aliphatic heterocycles. The van der Waals surface area contributed by atoms with E-state index in [1.54, 1.807) is 6.07 Å². The van der Waals surface area contributed by atoms with Crippen LogP contribution >= 0.6 is 0 Å². The van der Waals surface area contributed by atoms with Crippen molar-refractivity contribution in [1.29, 1.82) is 0 Å². The summed E-state index contributed by atoms with van der Waals surface area (Å²) < 4.78 is 0. The standard InChI is InChI=1S/C13H9NO2/c15-7-8-5-6-10-9-3-1-2-4-11(9)14-12(10)13(8)16/h1-7,14,16H. The van der Waals surface area contributed by atoms with Gasteiger partial charge in [0, 0.05) is 16.3 Å². The first-order valence-electron chi connectivity index (χ1n) is 4.99. The van der Waals surface area contributed by atoms with Crippen LogP contribution in [0.3, 0.4) is 0 Å². The molecular formula is C13H9NO2. The predicted molar refractivity (Wildman–Crippen MR) is 62.9 cm³/mol. The molecule has 0 aliphatic carbocycles. The number of phenols is 1. The molecule has 3 nitrogen and oxygen atoms in total. The van der Waals surface area contributed by atoms with Gasteiger partial charge in [-0.05, 0) is 12.1 Å². The van der Waals surface area contributed by atoms with Gasteiger partial charge in [-0.3, -0.25) is 4.79 Å². The van der Waals surface area contributed by atoms with Gasteiger partial charge in [0.25, 0.3) is 0 Å². The second-order valence-corrected chi connectivity index (χ2v) is 3.71. The first kappa shape index (κ1) is 8.97. The van der Waals surface area contributed by atoms with Gasteiger partial charge >= 0.3 is 0 Å². The zero-order chi connectivity index (χ0) is 11.1. The third kappa shape index (κ3) is 1.05. The molecule has 0 saturated carbocycles. The number of phenolic OH excluding ortho intramolecular Hbond substituents is 1. The lowest BCUT2D eigenvalue weighted by Crippen LogP contribution is -1.81. The van der Waals surface area contributed by atoms with E-state index in [1.165, 1.54) is 0 Å². The second kappa shape index (κ2) is 3.10. The number of nitrogens with one attached hydrogen (secondary N) is 1. The van der Waals surface area contributed by atoms with Crippen LogP contribution in [0.4, 0.5) is 0 Å². The van der Waals surface area contributed by atoms with Crippen molar-refractivity contribution in [1.82, 2.24) is 4.98 Å². The van der Waals surface area contributed by atoms with E-state index in [4.69, 9.17) is 0 Å². The van der Waals surface area contributed by atoms with Gasteiger partial charge in [-0.15, -0.1) is 0 Å². The van der Waals surface area contributed by atoms with Gasteiger partial charge in [0.2, 0.25) is 0 Å². The number of aromatic hydroxyl groups is 1. The molecule has 1 heterocycles. The number of fused-ring (bicyclic) bond motifs is 3. The number of H-pyrrole nitrogens is 1. The Labute approximate surface area is 91.3 Å². The van der Waals surface area contributed by atoms with Crippen LogP contribution in [-0.4, -0.2) is 16.4 Å². The molecule has 3 heteroatoms. The number of benzene rings is 2. The van der Waals surface area contributed by atoms with Crippen LogP contribution in [0.2, 0.25) is 0 Å². The summed E-state index contributed by atoms with van der Waals surface area (Å²) in [6.07, 6.45) is 0.653. The quantitative estimate of drug-likeness (QED) is 0.608. The van der Waals surface area contributed by atoms with Crippen LogP contribution in [0.15, 0.2) is 36.4 Å². The number of aromatic nitrogens is 1. The van der Waals surface area contributed by atoms with Crippen molar-refractivity contribution in [3.8, 4) is 5.75 Å². The molecule has 0 fully saturated rings. The van der Waals surface area contributed by atoms with E-state index in [2.05, 4.69) is 4.98 Å². The van der Waals surface area contributed by atoms with Crippen LogP contribution < -0.4 is 0 Å². The van der Waals surface area contributed by atoms with E-state index in [0.29, 0.717) is 17.4 Å². The summed E-state index contributed by atoms with van der Waals surface area (Å²) in [6, 6.07) is 11.3. The van der Waals surface area contributed by atoms with Gasteiger partial charge in [-0.1, -0.05) is 24.3 Å². The molecule has 3 rings (SSSR count). The molecule has 0 aliphatic rings. The smallest absolute Gasteiger partial charge is 0.153 e. The summed E-state index contributed by atoms with van der Waals surface area (Å²) in [5.74, 6) is 0.0173. The number of aromatic amines is 1. The zero-order valence-electron chi connectivity index (χ0n) is 8.40. The fourth-order valence-electron chi connectivity index (χ4n) is 2.02. The summed E-state index contributed by atoms with van der Waals surface area (Å²) in [6.45, 7) is 0. The maximum atomic E-state index is 10.7. The van der Waals surface area contributed by atoms with Gasteiger partial charge in [-0.2, -0.15) is 0 Å². The predicted octanol–water partition coefficient (Wildman–Crippen LogP) is 2.84. The van der Waals surface area contributed by atoms with Crippen molar-refractivity contribution in [2.75, 3.05) is 0 Å². The largest absolute Gasteiger partial charge is 0.505 e. The number of hydrogen-bond acceptors (Lipinski definition) is 2. The normalized spacial score (nSPS) is 11.0. The third-order valence-electron chi connectivity index (χ3n) is 2.81.